The van der Waals surface area contributed by atoms with Crippen LogP contribution in [0, 0.1) is 0 Å². The highest BCUT2D eigenvalue weighted by Gasteiger charge is 2.40. The molecule has 0 aromatic carbocycles. The van der Waals surface area contributed by atoms with E-state index in [1.54, 1.807) is 12.1 Å². The molecule has 0 spiro atoms. The molecule has 2 aromatic rings. The molecule has 0 unspecified atom stereocenters. The number of ether oxygens (including phenoxy) is 1. The van der Waals surface area contributed by atoms with E-state index in [0.717, 1.165) is 0 Å². The summed E-state index contributed by atoms with van der Waals surface area (Å²) in [6.07, 6.45) is 0.773. The maximum absolute atomic E-state index is 11.5. The van der Waals surface area contributed by atoms with Crippen molar-refractivity contribution in [2.75, 3.05) is 18.5 Å². The number of hydrogen-bond acceptors (Lipinski definition) is 7. The van der Waals surface area contributed by atoms with Gasteiger partial charge in [-0.15, -0.1) is 14.8 Å². The van der Waals surface area contributed by atoms with E-state index in [1.165, 1.54) is 4.63 Å². The van der Waals surface area contributed by atoms with Gasteiger partial charge in [-0.05, 0) is 22.6 Å². The van der Waals surface area contributed by atoms with Crippen LogP contribution in [0.15, 0.2) is 12.1 Å². The lowest BCUT2D eigenvalue weighted by molar-refractivity contribution is -0.145. The van der Waals surface area contributed by atoms with E-state index in [9.17, 15) is 9.90 Å². The molecular weight excluding hydrogens is 252 g/mol. The first-order valence-corrected chi connectivity index (χ1v) is 5.84. The van der Waals surface area contributed by atoms with Crippen LogP contribution in [0.1, 0.15) is 12.8 Å². The van der Waals surface area contributed by atoms with Gasteiger partial charge < -0.3 is 15.2 Å². The number of aliphatic carboxylic acids is 1. The summed E-state index contributed by atoms with van der Waals surface area (Å²) in [5.74, 6) is -0.487. The molecule has 0 atom stereocenters. The van der Waals surface area contributed by atoms with Gasteiger partial charge in [0, 0.05) is 26.1 Å². The van der Waals surface area contributed by atoms with Crippen LogP contribution < -0.4 is 5.32 Å². The van der Waals surface area contributed by atoms with Crippen molar-refractivity contribution < 1.29 is 14.6 Å². The van der Waals surface area contributed by atoms with Crippen molar-refractivity contribution in [3.05, 3.63) is 12.1 Å². The van der Waals surface area contributed by atoms with Gasteiger partial charge in [0.25, 0.3) is 0 Å². The number of fused-ring (bicyclic) bond motifs is 1. The zero-order chi connectivity index (χ0) is 13.3. The number of carbonyl (C=O) groups is 1. The minimum atomic E-state index is -1.05. The lowest BCUT2D eigenvalue weighted by Gasteiger charge is -2.34. The summed E-state index contributed by atoms with van der Waals surface area (Å²) < 4.78 is 6.46. The Balaban J connectivity index is 1.90. The number of tetrazole rings is 1. The van der Waals surface area contributed by atoms with Crippen LogP contribution in [-0.2, 0) is 9.53 Å². The number of nitrogens with one attached hydrogen (secondary N) is 1. The third-order valence-corrected chi connectivity index (χ3v) is 3.19. The highest BCUT2D eigenvalue weighted by molar-refractivity contribution is 5.82. The molecule has 19 heavy (non-hydrogen) atoms. The van der Waals surface area contributed by atoms with E-state index in [1.807, 2.05) is 0 Å². The molecule has 3 heterocycles. The molecule has 100 valence electrons. The highest BCUT2D eigenvalue weighted by atomic mass is 16.5. The number of carboxylic acid groups (broad SMARTS) is 1. The molecule has 0 bridgehead atoms. The highest BCUT2D eigenvalue weighted by Crippen LogP contribution is 2.25. The SMILES string of the molecule is O=C(O)C1(Nc2ccc3nnnn3n2)CCOCC1. The van der Waals surface area contributed by atoms with Crippen molar-refractivity contribution >= 4 is 17.4 Å². The van der Waals surface area contributed by atoms with Crippen LogP contribution >= 0.6 is 0 Å². The summed E-state index contributed by atoms with van der Waals surface area (Å²) in [6, 6.07) is 3.33. The van der Waals surface area contributed by atoms with Crippen molar-refractivity contribution in [2.45, 2.75) is 18.4 Å². The van der Waals surface area contributed by atoms with Gasteiger partial charge >= 0.3 is 5.97 Å². The summed E-state index contributed by atoms with van der Waals surface area (Å²) in [5.41, 5.74) is -0.547. The van der Waals surface area contributed by atoms with Crippen LogP contribution in [-0.4, -0.2) is 55.1 Å². The Kier molecular flexibility index (Phi) is 2.75. The molecule has 1 aliphatic heterocycles. The first-order valence-electron chi connectivity index (χ1n) is 5.84. The first kappa shape index (κ1) is 11.8. The Morgan fingerprint density at radius 3 is 2.95 bits per heavy atom. The third-order valence-electron chi connectivity index (χ3n) is 3.19. The van der Waals surface area contributed by atoms with Gasteiger partial charge in [0.15, 0.2) is 5.65 Å². The average molecular weight is 264 g/mol. The van der Waals surface area contributed by atoms with E-state index in [0.29, 0.717) is 37.5 Å². The summed E-state index contributed by atoms with van der Waals surface area (Å²) in [4.78, 5) is 11.5. The second-order valence-corrected chi connectivity index (χ2v) is 4.37. The van der Waals surface area contributed by atoms with E-state index < -0.39 is 11.5 Å². The Morgan fingerprint density at radius 2 is 2.21 bits per heavy atom. The second kappa shape index (κ2) is 4.43. The number of aromatic nitrogens is 5. The van der Waals surface area contributed by atoms with E-state index in [2.05, 4.69) is 25.9 Å². The van der Waals surface area contributed by atoms with Crippen molar-refractivity contribution in [3.63, 3.8) is 0 Å². The standard InChI is InChI=1S/C10H12N6O3/c17-9(18)10(3-5-19-6-4-10)11-7-1-2-8-12-14-15-16(8)13-7/h1-2H,3-6H2,(H,11,13)(H,17,18). The van der Waals surface area contributed by atoms with E-state index in [4.69, 9.17) is 4.74 Å². The molecule has 0 saturated carbocycles. The number of rotatable bonds is 3. The van der Waals surface area contributed by atoms with Gasteiger partial charge in [0.1, 0.15) is 11.4 Å². The lowest BCUT2D eigenvalue weighted by Crippen LogP contribution is -2.50. The molecular formula is C10H12N6O3. The Labute approximate surface area is 107 Å². The van der Waals surface area contributed by atoms with Crippen molar-refractivity contribution in [1.82, 2.24) is 25.3 Å². The molecule has 1 fully saturated rings. The van der Waals surface area contributed by atoms with Gasteiger partial charge in [-0.3, -0.25) is 0 Å². The number of hydrogen-bond donors (Lipinski definition) is 2. The normalized spacial score (nSPS) is 18.3. The van der Waals surface area contributed by atoms with Crippen LogP contribution in [0.3, 0.4) is 0 Å². The van der Waals surface area contributed by atoms with Crippen LogP contribution in [0.2, 0.25) is 0 Å². The Hall–Kier alpha value is -2.29. The monoisotopic (exact) mass is 264 g/mol. The lowest BCUT2D eigenvalue weighted by atomic mass is 9.90. The summed E-state index contributed by atoms with van der Waals surface area (Å²) in [7, 11) is 0. The topological polar surface area (TPSA) is 115 Å². The molecule has 9 heteroatoms. The van der Waals surface area contributed by atoms with Crippen molar-refractivity contribution in [2.24, 2.45) is 0 Å². The molecule has 1 aliphatic rings. The largest absolute Gasteiger partial charge is 0.480 e. The van der Waals surface area contributed by atoms with Gasteiger partial charge in [-0.25, -0.2) is 4.79 Å². The van der Waals surface area contributed by atoms with Crippen LogP contribution in [0.5, 0.6) is 0 Å². The third kappa shape index (κ3) is 2.08. The van der Waals surface area contributed by atoms with Gasteiger partial charge in [0.05, 0.1) is 0 Å². The van der Waals surface area contributed by atoms with Crippen LogP contribution in [0.25, 0.3) is 5.65 Å². The van der Waals surface area contributed by atoms with Gasteiger partial charge in [0.2, 0.25) is 0 Å². The van der Waals surface area contributed by atoms with Gasteiger partial charge in [-0.2, -0.15) is 0 Å². The molecule has 2 N–H and O–H groups in total. The summed E-state index contributed by atoms with van der Waals surface area (Å²) >= 11 is 0. The predicted octanol–water partition coefficient (Wildman–Crippen LogP) is -0.435. The quantitative estimate of drug-likeness (QED) is 0.767. The van der Waals surface area contributed by atoms with Crippen LogP contribution in [0.4, 0.5) is 5.82 Å². The predicted molar refractivity (Wildman–Crippen MR) is 62.6 cm³/mol. The Morgan fingerprint density at radius 1 is 1.42 bits per heavy atom. The molecule has 3 rings (SSSR count). The first-order chi connectivity index (χ1) is 9.20. The number of anilines is 1. The molecule has 9 nitrogen and oxygen atoms in total. The minimum absolute atomic E-state index is 0.387. The Bertz CT molecular complexity index is 606. The molecule has 0 aliphatic carbocycles. The molecule has 1 saturated heterocycles. The van der Waals surface area contributed by atoms with E-state index in [-0.39, 0.29) is 0 Å². The fraction of sp³-hybridized carbons (Fsp3) is 0.500. The van der Waals surface area contributed by atoms with Crippen molar-refractivity contribution in [1.29, 1.82) is 0 Å². The number of nitrogens with zero attached hydrogens (tertiary/aromatic N) is 5. The fourth-order valence-electron chi connectivity index (χ4n) is 2.07. The zero-order valence-electron chi connectivity index (χ0n) is 9.98. The zero-order valence-corrected chi connectivity index (χ0v) is 9.98. The second-order valence-electron chi connectivity index (χ2n) is 4.37. The average Bonchev–Trinajstić information content (AvgIpc) is 2.87. The fourth-order valence-corrected chi connectivity index (χ4v) is 2.07. The van der Waals surface area contributed by atoms with Crippen molar-refractivity contribution in [3.8, 4) is 0 Å². The van der Waals surface area contributed by atoms with Gasteiger partial charge in [-0.1, -0.05) is 0 Å². The molecule has 0 amide bonds. The molecule has 0 radical (unpaired) electrons. The maximum Gasteiger partial charge on any atom is 0.329 e. The smallest absolute Gasteiger partial charge is 0.329 e. The summed E-state index contributed by atoms with van der Waals surface area (Å²) in [5, 5.41) is 27.4. The molecule has 2 aromatic heterocycles. The van der Waals surface area contributed by atoms with E-state index >= 15 is 0 Å². The number of carboxylic acids is 1. The summed E-state index contributed by atoms with van der Waals surface area (Å²) in [6.45, 7) is 0.818. The minimum Gasteiger partial charge on any atom is -0.480 e. The maximum atomic E-state index is 11.5.